The lowest BCUT2D eigenvalue weighted by Crippen LogP contribution is -2.48. The van der Waals surface area contributed by atoms with E-state index in [1.807, 2.05) is 7.05 Å². The molecule has 5 nitrogen and oxygen atoms in total. The first-order valence-electron chi connectivity index (χ1n) is 8.25. The molecule has 0 amide bonds. The summed E-state index contributed by atoms with van der Waals surface area (Å²) in [6, 6.07) is 0.562. The summed E-state index contributed by atoms with van der Waals surface area (Å²) in [7, 11) is -0.987. The fourth-order valence-corrected chi connectivity index (χ4v) is 4.69. The molecule has 21 heavy (non-hydrogen) atoms. The highest BCUT2D eigenvalue weighted by molar-refractivity contribution is 7.88. The molecule has 0 aromatic carbocycles. The van der Waals surface area contributed by atoms with E-state index in [2.05, 4.69) is 17.1 Å². The Bertz CT molecular complexity index is 427. The van der Waals surface area contributed by atoms with Crippen molar-refractivity contribution >= 4 is 10.0 Å². The highest BCUT2D eigenvalue weighted by atomic mass is 32.2. The molecule has 124 valence electrons. The number of nitrogens with one attached hydrogen (secondary N) is 1. The number of hydrogen-bond acceptors (Lipinski definition) is 4. The topological polar surface area (TPSA) is 52.6 Å². The van der Waals surface area contributed by atoms with Gasteiger partial charge in [-0.1, -0.05) is 0 Å². The van der Waals surface area contributed by atoms with E-state index >= 15 is 0 Å². The Morgan fingerprint density at radius 1 is 1.19 bits per heavy atom. The Labute approximate surface area is 130 Å². The fourth-order valence-electron chi connectivity index (χ4n) is 3.74. The van der Waals surface area contributed by atoms with Crippen molar-refractivity contribution in [2.45, 2.75) is 38.6 Å². The van der Waals surface area contributed by atoms with Gasteiger partial charge in [-0.2, -0.15) is 0 Å². The van der Waals surface area contributed by atoms with Crippen LogP contribution in [0.2, 0.25) is 0 Å². The molecule has 1 N–H and O–H groups in total. The van der Waals surface area contributed by atoms with Crippen molar-refractivity contribution in [2.75, 3.05) is 46.0 Å². The van der Waals surface area contributed by atoms with Crippen LogP contribution < -0.4 is 5.32 Å². The maximum absolute atomic E-state index is 11.7. The molecule has 2 aliphatic heterocycles. The van der Waals surface area contributed by atoms with Crippen molar-refractivity contribution in [1.82, 2.24) is 14.5 Å². The van der Waals surface area contributed by atoms with E-state index in [1.165, 1.54) is 25.6 Å². The van der Waals surface area contributed by atoms with Crippen LogP contribution in [0.1, 0.15) is 32.6 Å². The van der Waals surface area contributed by atoms with Crippen LogP contribution in [0.4, 0.5) is 0 Å². The van der Waals surface area contributed by atoms with Crippen LogP contribution in [0.5, 0.6) is 0 Å². The minimum atomic E-state index is -3.02. The SMILES string of the molecule is CNC(C)C1CCCN(CC2CCCN(S(C)(=O)=O)C2)C1. The van der Waals surface area contributed by atoms with Gasteiger partial charge in [0.15, 0.2) is 0 Å². The third-order valence-electron chi connectivity index (χ3n) is 5.17. The second-order valence-electron chi connectivity index (χ2n) is 6.87. The van der Waals surface area contributed by atoms with Crippen LogP contribution in [0.15, 0.2) is 0 Å². The largest absolute Gasteiger partial charge is 0.317 e. The molecule has 0 spiro atoms. The molecule has 2 rings (SSSR count). The highest BCUT2D eigenvalue weighted by Crippen LogP contribution is 2.24. The molecule has 0 aromatic heterocycles. The van der Waals surface area contributed by atoms with E-state index < -0.39 is 10.0 Å². The number of hydrogen-bond donors (Lipinski definition) is 1. The molecule has 2 fully saturated rings. The summed E-state index contributed by atoms with van der Waals surface area (Å²) in [6.45, 7) is 7.05. The van der Waals surface area contributed by atoms with Crippen LogP contribution in [0, 0.1) is 11.8 Å². The van der Waals surface area contributed by atoms with Gasteiger partial charge in [0.25, 0.3) is 0 Å². The first kappa shape index (κ1) is 17.2. The Kier molecular flexibility index (Phi) is 6.05. The van der Waals surface area contributed by atoms with Crippen molar-refractivity contribution < 1.29 is 8.42 Å². The smallest absolute Gasteiger partial charge is 0.211 e. The zero-order chi connectivity index (χ0) is 15.5. The number of likely N-dealkylation sites (tertiary alicyclic amines) is 1. The molecule has 0 saturated carbocycles. The third-order valence-corrected chi connectivity index (χ3v) is 6.44. The predicted octanol–water partition coefficient (Wildman–Crippen LogP) is 0.978. The molecule has 2 aliphatic rings. The van der Waals surface area contributed by atoms with Gasteiger partial charge in [-0.05, 0) is 58.0 Å². The van der Waals surface area contributed by atoms with E-state index in [0.717, 1.165) is 31.8 Å². The average Bonchev–Trinajstić information content (AvgIpc) is 2.46. The first-order valence-corrected chi connectivity index (χ1v) is 10.1. The molecule has 6 heteroatoms. The molecule has 0 radical (unpaired) electrons. The van der Waals surface area contributed by atoms with Gasteiger partial charge in [0, 0.05) is 32.2 Å². The Hall–Kier alpha value is -0.170. The summed E-state index contributed by atoms with van der Waals surface area (Å²) in [5, 5.41) is 3.37. The zero-order valence-corrected chi connectivity index (χ0v) is 14.5. The monoisotopic (exact) mass is 317 g/mol. The minimum absolute atomic E-state index is 0.497. The quantitative estimate of drug-likeness (QED) is 0.821. The van der Waals surface area contributed by atoms with E-state index in [9.17, 15) is 8.42 Å². The molecule has 0 aliphatic carbocycles. The minimum Gasteiger partial charge on any atom is -0.317 e. The standard InChI is InChI=1S/C15H31N3O2S/c1-13(16-2)15-7-5-8-17(12-15)10-14-6-4-9-18(11-14)21(3,19)20/h13-16H,4-12H2,1-3H3. The molecule has 0 bridgehead atoms. The second kappa shape index (κ2) is 7.40. The lowest BCUT2D eigenvalue weighted by Gasteiger charge is -2.39. The van der Waals surface area contributed by atoms with Crippen molar-refractivity contribution in [2.24, 2.45) is 11.8 Å². The maximum atomic E-state index is 11.7. The van der Waals surface area contributed by atoms with E-state index in [-0.39, 0.29) is 0 Å². The summed E-state index contributed by atoms with van der Waals surface area (Å²) in [5.41, 5.74) is 0. The second-order valence-corrected chi connectivity index (χ2v) is 8.85. The van der Waals surface area contributed by atoms with Crippen LogP contribution >= 0.6 is 0 Å². The Balaban J connectivity index is 1.86. The van der Waals surface area contributed by atoms with Crippen molar-refractivity contribution in [3.63, 3.8) is 0 Å². The van der Waals surface area contributed by atoms with Gasteiger partial charge in [-0.25, -0.2) is 12.7 Å². The van der Waals surface area contributed by atoms with E-state index in [4.69, 9.17) is 0 Å². The molecular formula is C15H31N3O2S. The lowest BCUT2D eigenvalue weighted by atomic mass is 9.90. The van der Waals surface area contributed by atoms with Crippen molar-refractivity contribution in [3.8, 4) is 0 Å². The molecule has 3 unspecified atom stereocenters. The molecular weight excluding hydrogens is 286 g/mol. The van der Waals surface area contributed by atoms with Gasteiger partial charge in [0.1, 0.15) is 0 Å². The summed E-state index contributed by atoms with van der Waals surface area (Å²) >= 11 is 0. The average molecular weight is 317 g/mol. The lowest BCUT2D eigenvalue weighted by molar-refractivity contribution is 0.116. The van der Waals surface area contributed by atoms with Crippen LogP contribution in [0.3, 0.4) is 0 Å². The van der Waals surface area contributed by atoms with Crippen LogP contribution in [-0.4, -0.2) is 69.7 Å². The molecule has 2 saturated heterocycles. The summed E-state index contributed by atoms with van der Waals surface area (Å²) < 4.78 is 25.1. The Morgan fingerprint density at radius 3 is 2.57 bits per heavy atom. The fraction of sp³-hybridized carbons (Fsp3) is 1.00. The molecule has 0 aromatic rings. The van der Waals surface area contributed by atoms with Crippen molar-refractivity contribution in [3.05, 3.63) is 0 Å². The predicted molar refractivity (Wildman–Crippen MR) is 86.8 cm³/mol. The maximum Gasteiger partial charge on any atom is 0.211 e. The van der Waals surface area contributed by atoms with E-state index in [1.54, 1.807) is 4.31 Å². The summed E-state index contributed by atoms with van der Waals surface area (Å²) in [6.07, 6.45) is 6.06. The van der Waals surface area contributed by atoms with Gasteiger partial charge in [-0.3, -0.25) is 0 Å². The molecule has 3 atom stereocenters. The van der Waals surface area contributed by atoms with Crippen LogP contribution in [-0.2, 0) is 10.0 Å². The van der Waals surface area contributed by atoms with Gasteiger partial charge < -0.3 is 10.2 Å². The Morgan fingerprint density at radius 2 is 1.90 bits per heavy atom. The van der Waals surface area contributed by atoms with Gasteiger partial charge in [0.05, 0.1) is 6.26 Å². The van der Waals surface area contributed by atoms with Gasteiger partial charge in [-0.15, -0.1) is 0 Å². The number of piperidine rings is 2. The number of rotatable bonds is 5. The third kappa shape index (κ3) is 4.91. The van der Waals surface area contributed by atoms with Gasteiger partial charge in [0.2, 0.25) is 10.0 Å². The summed E-state index contributed by atoms with van der Waals surface area (Å²) in [4.78, 5) is 2.55. The molecule has 2 heterocycles. The van der Waals surface area contributed by atoms with Gasteiger partial charge >= 0.3 is 0 Å². The summed E-state index contributed by atoms with van der Waals surface area (Å²) in [5.74, 6) is 1.22. The number of sulfonamides is 1. The normalized spacial score (nSPS) is 31.2. The first-order chi connectivity index (χ1) is 9.90. The van der Waals surface area contributed by atoms with Crippen molar-refractivity contribution in [1.29, 1.82) is 0 Å². The van der Waals surface area contributed by atoms with Crippen LogP contribution in [0.25, 0.3) is 0 Å². The zero-order valence-electron chi connectivity index (χ0n) is 13.7. The van der Waals surface area contributed by atoms with E-state index in [0.29, 0.717) is 25.0 Å². The highest BCUT2D eigenvalue weighted by Gasteiger charge is 2.29. The number of nitrogens with zero attached hydrogens (tertiary/aromatic N) is 2.